The predicted molar refractivity (Wildman–Crippen MR) is 136 cm³/mol. The molecule has 7 heteroatoms. The molecular formula is C27H38N4O3. The van der Waals surface area contributed by atoms with Crippen LogP contribution in [-0.2, 0) is 9.53 Å². The molecule has 1 unspecified atom stereocenters. The second kappa shape index (κ2) is 10.9. The molecular weight excluding hydrogens is 428 g/mol. The number of carbonyl (C=O) groups excluding carboxylic acids is 2. The highest BCUT2D eigenvalue weighted by Crippen LogP contribution is 2.39. The number of carbonyl (C=O) groups is 2. The van der Waals surface area contributed by atoms with Crippen LogP contribution in [0.4, 0.5) is 10.6 Å². The Labute approximate surface area is 203 Å². The van der Waals surface area contributed by atoms with Gasteiger partial charge in [0.25, 0.3) is 0 Å². The van der Waals surface area contributed by atoms with E-state index in [1.165, 1.54) is 18.4 Å². The first-order valence-corrected chi connectivity index (χ1v) is 12.3. The molecule has 34 heavy (non-hydrogen) atoms. The molecule has 1 atom stereocenters. The average Bonchev–Trinajstić information content (AvgIpc) is 3.58. The lowest BCUT2D eigenvalue weighted by atomic mass is 9.93. The van der Waals surface area contributed by atoms with E-state index in [0.29, 0.717) is 24.8 Å². The Kier molecular flexibility index (Phi) is 8.18. The van der Waals surface area contributed by atoms with Crippen molar-refractivity contribution in [1.29, 1.82) is 0 Å². The third-order valence-electron chi connectivity index (χ3n) is 5.88. The SMILES string of the molecule is CC.CC(C(=O)Nc1cc(C2CC2)[nH]n1)c1cccc(C2=CCN(C(=O)OC(C)(C)C)CC2)c1. The van der Waals surface area contributed by atoms with Gasteiger partial charge in [-0.3, -0.25) is 9.89 Å². The third kappa shape index (κ3) is 6.72. The summed E-state index contributed by atoms with van der Waals surface area (Å²) in [5.74, 6) is 0.762. The molecule has 1 aliphatic carbocycles. The van der Waals surface area contributed by atoms with Crippen LogP contribution in [-0.4, -0.2) is 45.8 Å². The second-order valence-electron chi connectivity index (χ2n) is 9.72. The molecule has 1 aliphatic heterocycles. The third-order valence-corrected chi connectivity index (χ3v) is 5.88. The van der Waals surface area contributed by atoms with Gasteiger partial charge < -0.3 is 15.0 Å². The van der Waals surface area contributed by atoms with Crippen molar-refractivity contribution in [2.24, 2.45) is 0 Å². The van der Waals surface area contributed by atoms with Crippen LogP contribution in [0.25, 0.3) is 5.57 Å². The molecule has 1 saturated carbocycles. The summed E-state index contributed by atoms with van der Waals surface area (Å²) in [5, 5.41) is 10.2. The first-order valence-electron chi connectivity index (χ1n) is 12.3. The normalized spacial score (nSPS) is 16.6. The summed E-state index contributed by atoms with van der Waals surface area (Å²) >= 11 is 0. The monoisotopic (exact) mass is 466 g/mol. The number of anilines is 1. The molecule has 2 amide bonds. The van der Waals surface area contributed by atoms with Crippen LogP contribution in [0.1, 0.15) is 89.5 Å². The molecule has 1 aromatic heterocycles. The van der Waals surface area contributed by atoms with Gasteiger partial charge in [0.05, 0.1) is 5.92 Å². The number of aromatic amines is 1. The standard InChI is InChI=1S/C25H32N4O3.C2H6/c1-16(23(30)26-22-15-21(27-28-22)18-8-9-18)19-6-5-7-20(14-19)17-10-12-29(13-11-17)24(31)32-25(2,3)4;1-2/h5-7,10,14-16,18H,8-9,11-13H2,1-4H3,(H2,26,27,28,30);1-2H3. The minimum Gasteiger partial charge on any atom is -0.444 e. The number of amides is 2. The van der Waals surface area contributed by atoms with Crippen molar-refractivity contribution in [2.75, 3.05) is 18.4 Å². The number of nitrogens with one attached hydrogen (secondary N) is 2. The number of aromatic nitrogens is 2. The lowest BCUT2D eigenvalue weighted by Gasteiger charge is -2.29. The molecule has 2 N–H and O–H groups in total. The molecule has 184 valence electrons. The molecule has 1 fully saturated rings. The Morgan fingerprint density at radius 3 is 2.56 bits per heavy atom. The zero-order valence-corrected chi connectivity index (χ0v) is 21.3. The molecule has 2 aromatic rings. The second-order valence-corrected chi connectivity index (χ2v) is 9.72. The van der Waals surface area contributed by atoms with Gasteiger partial charge in [-0.2, -0.15) is 5.10 Å². The maximum atomic E-state index is 12.8. The van der Waals surface area contributed by atoms with E-state index in [2.05, 4.69) is 33.7 Å². The molecule has 0 saturated heterocycles. The zero-order chi connectivity index (χ0) is 24.9. The highest BCUT2D eigenvalue weighted by atomic mass is 16.6. The van der Waals surface area contributed by atoms with E-state index in [1.54, 1.807) is 4.90 Å². The number of ether oxygens (including phenoxy) is 1. The molecule has 2 aliphatic rings. The Bertz CT molecular complexity index is 1030. The van der Waals surface area contributed by atoms with Crippen molar-refractivity contribution in [2.45, 2.75) is 78.2 Å². The molecule has 0 radical (unpaired) electrons. The summed E-state index contributed by atoms with van der Waals surface area (Å²) in [6.07, 6.45) is 4.91. The quantitative estimate of drug-likeness (QED) is 0.559. The number of benzene rings is 1. The first kappa shape index (κ1) is 25.5. The van der Waals surface area contributed by atoms with Crippen molar-refractivity contribution in [3.05, 3.63) is 53.2 Å². The number of hydrogen-bond acceptors (Lipinski definition) is 4. The van der Waals surface area contributed by atoms with Crippen LogP contribution >= 0.6 is 0 Å². The number of rotatable bonds is 5. The van der Waals surface area contributed by atoms with Crippen molar-refractivity contribution < 1.29 is 14.3 Å². The summed E-state index contributed by atoms with van der Waals surface area (Å²) in [4.78, 5) is 26.8. The van der Waals surface area contributed by atoms with Gasteiger partial charge in [0.2, 0.25) is 5.91 Å². The summed E-state index contributed by atoms with van der Waals surface area (Å²) < 4.78 is 5.47. The van der Waals surface area contributed by atoms with Gasteiger partial charge in [-0.05, 0) is 63.7 Å². The fraction of sp³-hybridized carbons (Fsp3) is 0.519. The van der Waals surface area contributed by atoms with Crippen molar-refractivity contribution in [3.63, 3.8) is 0 Å². The van der Waals surface area contributed by atoms with Gasteiger partial charge in [0.1, 0.15) is 5.60 Å². The maximum Gasteiger partial charge on any atom is 0.410 e. The number of hydrogen-bond donors (Lipinski definition) is 2. The van der Waals surface area contributed by atoms with Crippen LogP contribution in [0, 0.1) is 0 Å². The van der Waals surface area contributed by atoms with Gasteiger partial charge in [0, 0.05) is 30.8 Å². The Morgan fingerprint density at radius 2 is 1.94 bits per heavy atom. The van der Waals surface area contributed by atoms with Gasteiger partial charge in [0.15, 0.2) is 5.82 Å². The van der Waals surface area contributed by atoms with E-state index in [-0.39, 0.29) is 17.9 Å². The largest absolute Gasteiger partial charge is 0.444 e. The van der Waals surface area contributed by atoms with Crippen LogP contribution in [0.2, 0.25) is 0 Å². The Morgan fingerprint density at radius 1 is 1.21 bits per heavy atom. The van der Waals surface area contributed by atoms with E-state index in [0.717, 1.165) is 23.2 Å². The maximum absolute atomic E-state index is 12.8. The van der Waals surface area contributed by atoms with Crippen LogP contribution in [0.5, 0.6) is 0 Å². The van der Waals surface area contributed by atoms with Crippen molar-refractivity contribution >= 4 is 23.4 Å². The molecule has 4 rings (SSSR count). The molecule has 1 aromatic carbocycles. The minimum atomic E-state index is -0.499. The summed E-state index contributed by atoms with van der Waals surface area (Å²) in [5.41, 5.74) is 3.82. The molecule has 7 nitrogen and oxygen atoms in total. The lowest BCUT2D eigenvalue weighted by molar-refractivity contribution is -0.117. The van der Waals surface area contributed by atoms with E-state index < -0.39 is 5.60 Å². The summed E-state index contributed by atoms with van der Waals surface area (Å²) in [6, 6.07) is 10.0. The summed E-state index contributed by atoms with van der Waals surface area (Å²) in [7, 11) is 0. The Hall–Kier alpha value is -3.09. The minimum absolute atomic E-state index is 0.0790. The van der Waals surface area contributed by atoms with Crippen molar-refractivity contribution in [1.82, 2.24) is 15.1 Å². The van der Waals surface area contributed by atoms with E-state index in [4.69, 9.17) is 4.74 Å². The molecule has 0 spiro atoms. The van der Waals surface area contributed by atoms with Crippen LogP contribution in [0.3, 0.4) is 0 Å². The zero-order valence-electron chi connectivity index (χ0n) is 21.3. The van der Waals surface area contributed by atoms with Crippen LogP contribution < -0.4 is 5.32 Å². The van der Waals surface area contributed by atoms with Gasteiger partial charge in [-0.15, -0.1) is 0 Å². The van der Waals surface area contributed by atoms with Gasteiger partial charge in [-0.1, -0.05) is 44.2 Å². The van der Waals surface area contributed by atoms with Gasteiger partial charge >= 0.3 is 6.09 Å². The number of H-pyrrole nitrogens is 1. The predicted octanol–water partition coefficient (Wildman–Crippen LogP) is 6.08. The lowest BCUT2D eigenvalue weighted by Crippen LogP contribution is -2.39. The van der Waals surface area contributed by atoms with Crippen molar-refractivity contribution in [3.8, 4) is 0 Å². The Balaban J connectivity index is 0.00000158. The van der Waals surface area contributed by atoms with E-state index in [9.17, 15) is 9.59 Å². The highest BCUT2D eigenvalue weighted by molar-refractivity contribution is 5.95. The van der Waals surface area contributed by atoms with Crippen LogP contribution in [0.15, 0.2) is 36.4 Å². The summed E-state index contributed by atoms with van der Waals surface area (Å²) in [6.45, 7) is 12.7. The van der Waals surface area contributed by atoms with Gasteiger partial charge in [-0.25, -0.2) is 4.79 Å². The smallest absolute Gasteiger partial charge is 0.410 e. The van der Waals surface area contributed by atoms with E-state index in [1.807, 2.05) is 59.7 Å². The molecule has 0 bridgehead atoms. The number of nitrogens with zero attached hydrogens (tertiary/aromatic N) is 2. The fourth-order valence-electron chi connectivity index (χ4n) is 3.82. The molecule has 2 heterocycles. The first-order chi connectivity index (χ1) is 16.2. The van der Waals surface area contributed by atoms with E-state index >= 15 is 0 Å². The fourth-order valence-corrected chi connectivity index (χ4v) is 3.82. The average molecular weight is 467 g/mol. The topological polar surface area (TPSA) is 87.3 Å². The highest BCUT2D eigenvalue weighted by Gasteiger charge is 2.27.